The predicted molar refractivity (Wildman–Crippen MR) is 75.8 cm³/mol. The van der Waals surface area contributed by atoms with E-state index >= 15 is 0 Å². The van der Waals surface area contributed by atoms with E-state index in [-0.39, 0.29) is 18.1 Å². The molecule has 0 bridgehead atoms. The van der Waals surface area contributed by atoms with Crippen molar-refractivity contribution >= 4 is 5.91 Å². The van der Waals surface area contributed by atoms with E-state index in [2.05, 4.69) is 10.2 Å². The number of nitrogens with zero attached hydrogens (tertiary/aromatic N) is 1. The second-order valence-electron chi connectivity index (χ2n) is 6.11. The van der Waals surface area contributed by atoms with Crippen molar-refractivity contribution in [3.8, 4) is 0 Å². The van der Waals surface area contributed by atoms with E-state index < -0.39 is 0 Å². The highest BCUT2D eigenvalue weighted by Gasteiger charge is 2.38. The van der Waals surface area contributed by atoms with Gasteiger partial charge in [0.2, 0.25) is 5.91 Å². The summed E-state index contributed by atoms with van der Waals surface area (Å²) in [5, 5.41) is 13.0. The molecule has 4 unspecified atom stereocenters. The molecule has 1 aliphatic carbocycles. The second-order valence-corrected chi connectivity index (χ2v) is 6.11. The first-order valence-corrected chi connectivity index (χ1v) is 7.80. The first-order valence-electron chi connectivity index (χ1n) is 7.80. The fourth-order valence-corrected chi connectivity index (χ4v) is 3.87. The molecule has 1 aliphatic heterocycles. The fraction of sp³-hybridized carbons (Fsp3) is 0.933. The van der Waals surface area contributed by atoms with Crippen LogP contribution in [0, 0.1) is 5.92 Å². The number of amides is 1. The van der Waals surface area contributed by atoms with E-state index in [0.717, 1.165) is 32.2 Å². The number of rotatable bonds is 3. The molecule has 19 heavy (non-hydrogen) atoms. The Morgan fingerprint density at radius 2 is 1.89 bits per heavy atom. The molecule has 2 fully saturated rings. The predicted octanol–water partition coefficient (Wildman–Crippen LogP) is 1.53. The lowest BCUT2D eigenvalue weighted by atomic mass is 9.77. The third-order valence-corrected chi connectivity index (χ3v) is 4.99. The van der Waals surface area contributed by atoms with Gasteiger partial charge in [-0.1, -0.05) is 19.3 Å². The highest BCUT2D eigenvalue weighted by Crippen LogP contribution is 2.34. The molecule has 4 atom stereocenters. The number of nitrogens with one attached hydrogen (secondary N) is 1. The van der Waals surface area contributed by atoms with Crippen LogP contribution in [0.4, 0.5) is 0 Å². The van der Waals surface area contributed by atoms with Crippen LogP contribution in [0.3, 0.4) is 0 Å². The Morgan fingerprint density at radius 3 is 2.58 bits per heavy atom. The average molecular weight is 268 g/mol. The summed E-state index contributed by atoms with van der Waals surface area (Å²) in [6.45, 7) is 2.98. The largest absolute Gasteiger partial charge is 0.393 e. The number of aliphatic hydroxyl groups excluding tert-OH is 1. The lowest BCUT2D eigenvalue weighted by Crippen LogP contribution is -2.55. The van der Waals surface area contributed by atoms with Crippen molar-refractivity contribution in [2.45, 2.75) is 70.1 Å². The summed E-state index contributed by atoms with van der Waals surface area (Å²) >= 11 is 0. The maximum absolute atomic E-state index is 11.9. The van der Waals surface area contributed by atoms with E-state index in [1.54, 1.807) is 7.05 Å². The van der Waals surface area contributed by atoms with Crippen molar-refractivity contribution in [3.63, 3.8) is 0 Å². The topological polar surface area (TPSA) is 52.6 Å². The summed E-state index contributed by atoms with van der Waals surface area (Å²) in [6.07, 6.45) is 7.77. The van der Waals surface area contributed by atoms with Gasteiger partial charge in [0.05, 0.1) is 12.1 Å². The van der Waals surface area contributed by atoms with Crippen molar-refractivity contribution < 1.29 is 9.90 Å². The van der Waals surface area contributed by atoms with Gasteiger partial charge in [0.15, 0.2) is 0 Å². The highest BCUT2D eigenvalue weighted by atomic mass is 16.3. The van der Waals surface area contributed by atoms with E-state index in [4.69, 9.17) is 0 Å². The quantitative estimate of drug-likeness (QED) is 0.816. The summed E-state index contributed by atoms with van der Waals surface area (Å²) in [4.78, 5) is 14.2. The van der Waals surface area contributed by atoms with Crippen LogP contribution in [0.5, 0.6) is 0 Å². The molecule has 1 amide bonds. The number of hydrogen-bond donors (Lipinski definition) is 2. The van der Waals surface area contributed by atoms with E-state index in [1.807, 2.05) is 6.92 Å². The Hall–Kier alpha value is -0.610. The molecule has 0 aromatic heterocycles. The Kier molecular flexibility index (Phi) is 5.22. The van der Waals surface area contributed by atoms with Crippen LogP contribution in [-0.2, 0) is 4.79 Å². The lowest BCUT2D eigenvalue weighted by molar-refractivity contribution is -0.128. The Balaban J connectivity index is 2.08. The zero-order valence-corrected chi connectivity index (χ0v) is 12.3. The van der Waals surface area contributed by atoms with Gasteiger partial charge in [0.25, 0.3) is 0 Å². The van der Waals surface area contributed by atoms with E-state index in [0.29, 0.717) is 12.0 Å². The Morgan fingerprint density at radius 1 is 1.21 bits per heavy atom. The van der Waals surface area contributed by atoms with Crippen LogP contribution >= 0.6 is 0 Å². The minimum absolute atomic E-state index is 0.0792. The van der Waals surface area contributed by atoms with Crippen LogP contribution in [-0.4, -0.2) is 47.7 Å². The normalized spacial score (nSPS) is 34.8. The highest BCUT2D eigenvalue weighted by molar-refractivity contribution is 5.81. The molecule has 2 rings (SSSR count). The van der Waals surface area contributed by atoms with Gasteiger partial charge in [0, 0.05) is 19.0 Å². The Bertz CT molecular complexity index is 309. The molecule has 110 valence electrons. The molecule has 2 N–H and O–H groups in total. The first-order chi connectivity index (χ1) is 9.15. The molecule has 4 nitrogen and oxygen atoms in total. The fourth-order valence-electron chi connectivity index (χ4n) is 3.87. The van der Waals surface area contributed by atoms with Crippen LogP contribution < -0.4 is 5.32 Å². The summed E-state index contributed by atoms with van der Waals surface area (Å²) in [5.74, 6) is 0.457. The summed E-state index contributed by atoms with van der Waals surface area (Å²) in [7, 11) is 1.70. The van der Waals surface area contributed by atoms with Gasteiger partial charge in [0.1, 0.15) is 0 Å². The molecule has 0 radical (unpaired) electrons. The number of hydrogen-bond acceptors (Lipinski definition) is 3. The standard InChI is InChI=1S/C15H28N2O2/c1-11(15(19)16-2)17-10-6-5-8-13(17)12-7-3-4-9-14(12)18/h11-14,18H,3-10H2,1-2H3,(H,16,19). The molecule has 1 heterocycles. The number of aliphatic hydroxyl groups is 1. The van der Waals surface area contributed by atoms with Crippen LogP contribution in [0.25, 0.3) is 0 Å². The van der Waals surface area contributed by atoms with Gasteiger partial charge < -0.3 is 10.4 Å². The van der Waals surface area contributed by atoms with Gasteiger partial charge >= 0.3 is 0 Å². The maximum atomic E-state index is 11.9. The second kappa shape index (κ2) is 6.71. The van der Waals surface area contributed by atoms with Crippen molar-refractivity contribution in [1.29, 1.82) is 0 Å². The summed E-state index contributed by atoms with van der Waals surface area (Å²) in [6, 6.07) is 0.306. The number of piperidine rings is 1. The number of likely N-dealkylation sites (tertiary alicyclic amines) is 1. The first kappa shape index (κ1) is 14.8. The van der Waals surface area contributed by atoms with Crippen LogP contribution in [0.1, 0.15) is 51.9 Å². The van der Waals surface area contributed by atoms with Crippen molar-refractivity contribution in [3.05, 3.63) is 0 Å². The van der Waals surface area contributed by atoms with Gasteiger partial charge in [-0.25, -0.2) is 0 Å². The van der Waals surface area contributed by atoms with Crippen molar-refractivity contribution in [1.82, 2.24) is 10.2 Å². The zero-order valence-electron chi connectivity index (χ0n) is 12.3. The molecule has 1 saturated carbocycles. The lowest BCUT2D eigenvalue weighted by Gasteiger charge is -2.45. The molecular weight excluding hydrogens is 240 g/mol. The number of carbonyl (C=O) groups excluding carboxylic acids is 1. The molecule has 4 heteroatoms. The molecule has 0 aromatic carbocycles. The van der Waals surface area contributed by atoms with Gasteiger partial charge in [-0.2, -0.15) is 0 Å². The van der Waals surface area contributed by atoms with Crippen LogP contribution in [0.2, 0.25) is 0 Å². The molecule has 0 aromatic rings. The third-order valence-electron chi connectivity index (χ3n) is 4.99. The minimum Gasteiger partial charge on any atom is -0.393 e. The van der Waals surface area contributed by atoms with Crippen LogP contribution in [0.15, 0.2) is 0 Å². The Labute approximate surface area is 116 Å². The van der Waals surface area contributed by atoms with E-state index in [9.17, 15) is 9.90 Å². The molecule has 0 spiro atoms. The summed E-state index contributed by atoms with van der Waals surface area (Å²) in [5.41, 5.74) is 0. The maximum Gasteiger partial charge on any atom is 0.236 e. The minimum atomic E-state index is -0.170. The zero-order chi connectivity index (χ0) is 13.8. The molecule has 2 aliphatic rings. The van der Waals surface area contributed by atoms with Crippen molar-refractivity contribution in [2.75, 3.05) is 13.6 Å². The average Bonchev–Trinajstić information content (AvgIpc) is 2.46. The third kappa shape index (κ3) is 3.29. The molecule has 1 saturated heterocycles. The monoisotopic (exact) mass is 268 g/mol. The number of carbonyl (C=O) groups is 1. The SMILES string of the molecule is CNC(=O)C(C)N1CCCCC1C1CCCCC1O. The van der Waals surface area contributed by atoms with E-state index in [1.165, 1.54) is 19.3 Å². The molecular formula is C15H28N2O2. The van der Waals surface area contributed by atoms with Crippen molar-refractivity contribution in [2.24, 2.45) is 5.92 Å². The summed E-state index contributed by atoms with van der Waals surface area (Å²) < 4.78 is 0. The van der Waals surface area contributed by atoms with Gasteiger partial charge in [-0.3, -0.25) is 9.69 Å². The smallest absolute Gasteiger partial charge is 0.236 e. The van der Waals surface area contributed by atoms with Gasteiger partial charge in [-0.15, -0.1) is 0 Å². The van der Waals surface area contributed by atoms with Gasteiger partial charge in [-0.05, 0) is 39.2 Å². The number of likely N-dealkylation sites (N-methyl/N-ethyl adjacent to an activating group) is 1.